The highest BCUT2D eigenvalue weighted by Gasteiger charge is 2.52. The fourth-order valence-electron chi connectivity index (χ4n) is 16.1. The number of halogens is 4. The number of nitrogens with zero attached hydrogens (tertiary/aromatic N) is 10. The molecule has 3 aliphatic carbocycles. The molecule has 10 atom stereocenters. The van der Waals surface area contributed by atoms with Crippen LogP contribution in [0.2, 0.25) is 5.02 Å². The summed E-state index contributed by atoms with van der Waals surface area (Å²) in [4.78, 5) is 209. The number of morpholine rings is 1. The Morgan fingerprint density at radius 1 is 0.673 bits per heavy atom. The Balaban J connectivity index is 1.34. The van der Waals surface area contributed by atoms with E-state index in [1.54, 1.807) is 6.92 Å². The van der Waals surface area contributed by atoms with Crippen molar-refractivity contribution >= 4 is 88.4 Å². The van der Waals surface area contributed by atoms with Crippen molar-refractivity contribution in [1.82, 2.24) is 64.9 Å². The molecule has 27 nitrogen and oxygen atoms in total. The molecule has 1 aromatic carbocycles. The molecule has 13 amide bonds. The maximum atomic E-state index is 15.9. The van der Waals surface area contributed by atoms with Crippen LogP contribution in [-0.2, 0) is 79.7 Å². The fraction of sp³-hybridized carbons (Fsp3) is 0.750. The highest BCUT2D eigenvalue weighted by Crippen LogP contribution is 2.39. The lowest BCUT2D eigenvalue weighted by atomic mass is 9.84. The number of likely N-dealkylation sites (N-methyl/N-ethyl adjacent to an activating group) is 7. The van der Waals surface area contributed by atoms with Gasteiger partial charge in [-0.2, -0.15) is 13.2 Å². The molecule has 0 bridgehead atoms. The van der Waals surface area contributed by atoms with E-state index >= 15 is 38.4 Å². The molecule has 0 aromatic heterocycles. The lowest BCUT2D eigenvalue weighted by Crippen LogP contribution is -2.65. The second kappa shape index (κ2) is 38.1. The largest absolute Gasteiger partial charge is 0.417 e. The molecule has 3 saturated carbocycles. The van der Waals surface area contributed by atoms with E-state index in [0.29, 0.717) is 44.9 Å². The average molecular weight is 1530 g/mol. The number of alkyl halides is 3. The first-order valence-electron chi connectivity index (χ1n) is 38.3. The maximum Gasteiger partial charge on any atom is 0.417 e. The Morgan fingerprint density at radius 3 is 1.86 bits per heavy atom. The molecule has 6 aliphatic rings. The van der Waals surface area contributed by atoms with E-state index in [4.69, 9.17) is 16.3 Å². The third-order valence-electron chi connectivity index (χ3n) is 23.4. The number of ether oxygens (including phenoxy) is 1. The van der Waals surface area contributed by atoms with Crippen molar-refractivity contribution in [2.24, 2.45) is 23.7 Å². The molecule has 3 aliphatic heterocycles. The van der Waals surface area contributed by atoms with Crippen LogP contribution in [0, 0.1) is 23.7 Å². The normalized spacial score (nSPS) is 27.1. The van der Waals surface area contributed by atoms with Crippen molar-refractivity contribution in [2.45, 2.75) is 242 Å². The Hall–Kier alpha value is -7.63. The molecular weight excluding hydrogens is 1410 g/mol. The van der Waals surface area contributed by atoms with Gasteiger partial charge in [-0.1, -0.05) is 110 Å². The summed E-state index contributed by atoms with van der Waals surface area (Å²) in [7, 11) is 12.8. The number of hydrogen-bond donors (Lipinski definition) is 3. The smallest absolute Gasteiger partial charge is 0.378 e. The van der Waals surface area contributed by atoms with Gasteiger partial charge in [0, 0.05) is 89.5 Å². The second-order valence-electron chi connectivity index (χ2n) is 31.4. The molecule has 31 heteroatoms. The lowest BCUT2D eigenvalue weighted by Gasteiger charge is -2.45. The van der Waals surface area contributed by atoms with Gasteiger partial charge < -0.3 is 69.7 Å². The van der Waals surface area contributed by atoms with Gasteiger partial charge in [0.15, 0.2) is 0 Å². The fourth-order valence-corrected chi connectivity index (χ4v) is 16.4. The van der Waals surface area contributed by atoms with Crippen LogP contribution in [0.25, 0.3) is 0 Å². The second-order valence-corrected chi connectivity index (χ2v) is 31.8. The highest BCUT2D eigenvalue weighted by atomic mass is 35.5. The summed E-state index contributed by atoms with van der Waals surface area (Å²) in [6.07, 6.45) is 1.97. The van der Waals surface area contributed by atoms with Gasteiger partial charge in [-0.25, -0.2) is 0 Å². The predicted molar refractivity (Wildman–Crippen MR) is 393 cm³/mol. The third-order valence-corrected chi connectivity index (χ3v) is 23.8. The molecule has 107 heavy (non-hydrogen) atoms. The van der Waals surface area contributed by atoms with Gasteiger partial charge in [0.05, 0.1) is 36.8 Å². The van der Waals surface area contributed by atoms with Crippen molar-refractivity contribution in [1.29, 1.82) is 0 Å². The van der Waals surface area contributed by atoms with Crippen molar-refractivity contribution in [2.75, 3.05) is 103 Å². The Kier molecular flexibility index (Phi) is 30.9. The van der Waals surface area contributed by atoms with E-state index < -0.39 is 178 Å². The lowest BCUT2D eigenvalue weighted by molar-refractivity contribution is -0.160. The number of carbonyl (C=O) groups excluding carboxylic acids is 13. The number of fused-ring (bicyclic) bond motifs is 1. The van der Waals surface area contributed by atoms with E-state index in [9.17, 15) is 37.1 Å². The zero-order chi connectivity index (χ0) is 79.3. The number of nitrogens with one attached hydrogen (secondary N) is 3. The van der Waals surface area contributed by atoms with Crippen LogP contribution < -0.4 is 16.0 Å². The van der Waals surface area contributed by atoms with Gasteiger partial charge in [0.2, 0.25) is 76.8 Å². The first-order chi connectivity index (χ1) is 50.3. The number of hydrogen-bond acceptors (Lipinski definition) is 14. The van der Waals surface area contributed by atoms with Crippen LogP contribution in [-0.4, -0.2) is 289 Å². The first-order valence-corrected chi connectivity index (χ1v) is 38.7. The van der Waals surface area contributed by atoms with Gasteiger partial charge in [0.1, 0.15) is 59.9 Å². The average Bonchev–Trinajstić information content (AvgIpc) is 1.77. The maximum absolute atomic E-state index is 15.9. The van der Waals surface area contributed by atoms with E-state index in [2.05, 4.69) is 16.0 Å². The standard InChI is InChI=1S/C76H117ClF3N13O14/c1-15-47(4)63-72(104)86(9)48(5)67(99)93-36-33-56(93)70(102)89(12)58(43-49-23-17-16-18-24-49)69(101)85(8)45-60(94)81-54(30-28-50-27-29-52(53(77)42-50)76(78,79)80)68(100)88(11)55(31-32-61(95)84(6)7)66(98)83-75(34-21-22-35-75)74(106)91(14)64(51-25-19-20-26-51)73(105)90(13)59(71(103)92-37-39-107-40-38-92)44-62(96)87(10)57(41-46(2)3)65(97)82-63/h27,29,42,46-49,51,54-59,63-64H,15-26,28,30-41,43-45H2,1-14H3,(H,81,94)(H,82,97)(H,83,98)/t47-,48-,54-,55-,56-,57+,58-,59-,63-,64-/m0/s1. The van der Waals surface area contributed by atoms with E-state index in [1.165, 1.54) is 116 Å². The summed E-state index contributed by atoms with van der Waals surface area (Å²) >= 11 is 6.19. The van der Waals surface area contributed by atoms with Crippen molar-refractivity contribution in [3.63, 3.8) is 0 Å². The number of rotatable bonds is 14. The van der Waals surface area contributed by atoms with E-state index in [1.807, 2.05) is 20.8 Å². The van der Waals surface area contributed by atoms with Crippen molar-refractivity contribution < 1.29 is 80.2 Å². The highest BCUT2D eigenvalue weighted by molar-refractivity contribution is 6.31. The van der Waals surface area contributed by atoms with Crippen LogP contribution in [0.15, 0.2) is 18.2 Å². The molecule has 1 spiro atoms. The number of amides is 13. The first kappa shape index (κ1) is 86.6. The number of carbonyl (C=O) groups is 13. The molecule has 0 unspecified atom stereocenters. The zero-order valence-corrected chi connectivity index (χ0v) is 66.0. The molecule has 3 heterocycles. The molecular formula is C76H117ClF3N13O14. The van der Waals surface area contributed by atoms with Crippen molar-refractivity contribution in [3.8, 4) is 0 Å². The Bertz CT molecular complexity index is 3380. The Labute approximate surface area is 633 Å². The molecule has 7 rings (SSSR count). The predicted octanol–water partition coefficient (Wildman–Crippen LogP) is 5.11. The summed E-state index contributed by atoms with van der Waals surface area (Å²) in [6, 6.07) is -8.72. The third kappa shape index (κ3) is 21.2. The minimum Gasteiger partial charge on any atom is -0.378 e. The molecule has 0 radical (unpaired) electrons. The summed E-state index contributed by atoms with van der Waals surface area (Å²) in [5.74, 6) is -10.0. The van der Waals surface area contributed by atoms with Crippen LogP contribution in [0.5, 0.6) is 0 Å². The van der Waals surface area contributed by atoms with E-state index in [-0.39, 0.29) is 108 Å². The van der Waals surface area contributed by atoms with Crippen molar-refractivity contribution in [3.05, 3.63) is 34.3 Å². The summed E-state index contributed by atoms with van der Waals surface area (Å²) in [6.45, 7) is 8.85. The Morgan fingerprint density at radius 2 is 1.29 bits per heavy atom. The van der Waals surface area contributed by atoms with Gasteiger partial charge in [-0.3, -0.25) is 62.3 Å². The topological polar surface area (TPSA) is 300 Å². The van der Waals surface area contributed by atoms with Crippen LogP contribution in [0.1, 0.15) is 181 Å². The van der Waals surface area contributed by atoms with Crippen LogP contribution >= 0.6 is 11.6 Å². The van der Waals surface area contributed by atoms with Gasteiger partial charge >= 0.3 is 6.18 Å². The van der Waals surface area contributed by atoms with Gasteiger partial charge in [-0.15, -0.1) is 0 Å². The van der Waals surface area contributed by atoms with E-state index in [0.717, 1.165) is 54.0 Å². The number of aryl methyl sites for hydroxylation is 1. The summed E-state index contributed by atoms with van der Waals surface area (Å²) in [5.41, 5.74) is -2.59. The SMILES string of the molecule is CC[C@H](C)[C@@H]1NC(=O)[C@@H](CC(C)C)N(C)C(=O)C[C@@H](C(=O)N2CCOCC2)N(C)C(=O)[C@H](C2CCCC2)N(C)C(=O)C2(CCCC2)NC(=O)[C@H](CCC(=O)N(C)C)N(C)C(=O)[C@H](CCc2ccc(C(F)(F)F)c(Cl)c2)NC(=O)CN(C)C(=O)[C@H](CC2CCCCC2)N(C)C(=O)[C@@H]2CCN2C(=O)[C@H](C)N(C)C1=O. The molecule has 3 saturated heterocycles. The summed E-state index contributed by atoms with van der Waals surface area (Å²) in [5, 5.41) is 8.05. The van der Waals surface area contributed by atoms with Crippen LogP contribution in [0.3, 0.4) is 0 Å². The molecule has 1 aromatic rings. The zero-order valence-electron chi connectivity index (χ0n) is 65.2. The quantitative estimate of drug-likeness (QED) is 0.218. The van der Waals surface area contributed by atoms with Gasteiger partial charge in [0.25, 0.3) is 0 Å². The minimum atomic E-state index is -4.80. The molecule has 6 fully saturated rings. The molecule has 598 valence electrons. The van der Waals surface area contributed by atoms with Gasteiger partial charge in [-0.05, 0) is 112 Å². The molecule has 3 N–H and O–H groups in total. The monoisotopic (exact) mass is 1530 g/mol. The number of benzene rings is 1. The van der Waals surface area contributed by atoms with Crippen LogP contribution in [0.4, 0.5) is 13.2 Å². The summed E-state index contributed by atoms with van der Waals surface area (Å²) < 4.78 is 47.6. The minimum absolute atomic E-state index is 0.0130.